The number of furan rings is 1. The molecule has 0 spiro atoms. The molecular weight excluding hydrogens is 393 g/mol. The van der Waals surface area contributed by atoms with E-state index in [1.165, 1.54) is 12.8 Å². The summed E-state index contributed by atoms with van der Waals surface area (Å²) < 4.78 is 43.4. The lowest BCUT2D eigenvalue weighted by atomic mass is 9.99. The van der Waals surface area contributed by atoms with Gasteiger partial charge in [-0.2, -0.15) is 13.2 Å². The molecule has 1 amide bonds. The van der Waals surface area contributed by atoms with Gasteiger partial charge < -0.3 is 19.6 Å². The lowest BCUT2D eigenvalue weighted by Crippen LogP contribution is -2.45. The van der Waals surface area contributed by atoms with Crippen molar-refractivity contribution in [2.75, 3.05) is 19.6 Å². The first-order chi connectivity index (χ1) is 13.6. The molecule has 3 fully saturated rings. The van der Waals surface area contributed by atoms with E-state index in [1.807, 2.05) is 19.1 Å². The first kappa shape index (κ1) is 21.6. The third kappa shape index (κ3) is 6.20. The van der Waals surface area contributed by atoms with Gasteiger partial charge in [-0.3, -0.25) is 9.69 Å². The van der Waals surface area contributed by atoms with Gasteiger partial charge in [0.2, 0.25) is 5.91 Å². The number of alkyl halides is 3. The maximum absolute atomic E-state index is 12.4. The van der Waals surface area contributed by atoms with Gasteiger partial charge in [0.05, 0.1) is 24.7 Å². The zero-order valence-electron chi connectivity index (χ0n) is 16.1. The van der Waals surface area contributed by atoms with Crippen LogP contribution in [0.2, 0.25) is 0 Å². The zero-order chi connectivity index (χ0) is 21.2. The van der Waals surface area contributed by atoms with Gasteiger partial charge in [-0.05, 0) is 44.2 Å². The van der Waals surface area contributed by atoms with Crippen LogP contribution in [0.15, 0.2) is 16.5 Å². The number of carbonyl (C=O) groups excluding carboxylic acids is 1. The van der Waals surface area contributed by atoms with Gasteiger partial charge in [0.1, 0.15) is 11.5 Å². The maximum Gasteiger partial charge on any atom is 0.490 e. The number of aryl methyl sites for hydroxylation is 1. The number of halogens is 3. The monoisotopic (exact) mass is 418 g/mol. The predicted molar refractivity (Wildman–Crippen MR) is 94.9 cm³/mol. The van der Waals surface area contributed by atoms with Crippen LogP contribution in [0.1, 0.15) is 30.8 Å². The van der Waals surface area contributed by atoms with Gasteiger partial charge in [0.15, 0.2) is 0 Å². The van der Waals surface area contributed by atoms with E-state index < -0.39 is 12.1 Å². The molecule has 1 aromatic heterocycles. The first-order valence-corrected chi connectivity index (χ1v) is 9.62. The van der Waals surface area contributed by atoms with Gasteiger partial charge in [0.25, 0.3) is 0 Å². The molecule has 3 aliphatic rings. The van der Waals surface area contributed by atoms with E-state index in [9.17, 15) is 18.0 Å². The Balaban J connectivity index is 0.000000298. The number of carboxylic acids is 1. The molecule has 3 atom stereocenters. The minimum atomic E-state index is -5.08. The molecule has 7 nitrogen and oxygen atoms in total. The van der Waals surface area contributed by atoms with Crippen molar-refractivity contribution in [2.24, 2.45) is 11.8 Å². The van der Waals surface area contributed by atoms with E-state index in [0.29, 0.717) is 0 Å². The largest absolute Gasteiger partial charge is 0.490 e. The highest BCUT2D eigenvalue weighted by Crippen LogP contribution is 2.33. The van der Waals surface area contributed by atoms with Gasteiger partial charge in [0, 0.05) is 19.6 Å². The molecule has 29 heavy (non-hydrogen) atoms. The third-order valence-corrected chi connectivity index (χ3v) is 5.25. The van der Waals surface area contributed by atoms with Crippen molar-refractivity contribution in [2.45, 2.75) is 51.1 Å². The minimum Gasteiger partial charge on any atom is -0.475 e. The van der Waals surface area contributed by atoms with E-state index in [1.54, 1.807) is 0 Å². The Morgan fingerprint density at radius 3 is 2.52 bits per heavy atom. The van der Waals surface area contributed by atoms with E-state index in [0.717, 1.165) is 50.0 Å². The normalized spacial score (nSPS) is 26.6. The molecule has 0 aromatic carbocycles. The Morgan fingerprint density at radius 2 is 1.97 bits per heavy atom. The van der Waals surface area contributed by atoms with Crippen molar-refractivity contribution in [1.29, 1.82) is 0 Å². The number of carbonyl (C=O) groups is 2. The molecule has 10 heteroatoms. The Kier molecular flexibility index (Phi) is 6.52. The molecular formula is C19H25F3N2O5. The summed E-state index contributed by atoms with van der Waals surface area (Å²) in [5.74, 6) is 0.121. The second-order valence-corrected chi connectivity index (χ2v) is 7.84. The highest BCUT2D eigenvalue weighted by Gasteiger charge is 2.44. The van der Waals surface area contributed by atoms with Crippen LogP contribution in [0.5, 0.6) is 0 Å². The Morgan fingerprint density at radius 1 is 1.28 bits per heavy atom. The second-order valence-electron chi connectivity index (χ2n) is 7.84. The van der Waals surface area contributed by atoms with Crippen LogP contribution in [0.3, 0.4) is 0 Å². The average Bonchev–Trinajstić information content (AvgIpc) is 3.30. The van der Waals surface area contributed by atoms with Crippen LogP contribution in [0, 0.1) is 18.8 Å². The summed E-state index contributed by atoms with van der Waals surface area (Å²) in [6, 6.07) is 4.03. The zero-order valence-corrected chi connectivity index (χ0v) is 16.1. The standard InChI is InChI=1S/C17H24N2O3.C2HF3O2/c1-11-2-5-13(21-11)8-19-9-14-6-15(16(10-19)22-14)17(20)18-7-12-3-4-12;3-2(4,5)1(6)7/h2,5,12,14-16H,3-4,6-10H2,1H3,(H,18,20);(H,6,7)/t14-,15+,16-;/m1./s1. The number of amides is 1. The van der Waals surface area contributed by atoms with Crippen LogP contribution >= 0.6 is 0 Å². The predicted octanol–water partition coefficient (Wildman–Crippen LogP) is 2.34. The quantitative estimate of drug-likeness (QED) is 0.763. The SMILES string of the molecule is Cc1ccc(CN2C[C@H]3C[C@H](C(=O)NCC4CC4)[C@@H](C2)O3)o1.O=C(O)C(F)(F)F. The molecule has 2 saturated heterocycles. The highest BCUT2D eigenvalue weighted by atomic mass is 19.4. The van der Waals surface area contributed by atoms with Crippen molar-refractivity contribution >= 4 is 11.9 Å². The molecule has 1 aromatic rings. The second kappa shape index (κ2) is 8.74. The molecule has 4 rings (SSSR count). The first-order valence-electron chi connectivity index (χ1n) is 9.62. The van der Waals surface area contributed by atoms with Crippen LogP contribution in [-0.2, 0) is 20.9 Å². The van der Waals surface area contributed by atoms with Gasteiger partial charge >= 0.3 is 12.1 Å². The Hall–Kier alpha value is -2.07. The third-order valence-electron chi connectivity index (χ3n) is 5.25. The fourth-order valence-electron chi connectivity index (χ4n) is 3.63. The fraction of sp³-hybridized carbons (Fsp3) is 0.684. The van der Waals surface area contributed by atoms with E-state index in [2.05, 4.69) is 10.2 Å². The minimum absolute atomic E-state index is 0.0205. The molecule has 3 heterocycles. The van der Waals surface area contributed by atoms with Crippen LogP contribution in [0.4, 0.5) is 13.2 Å². The maximum atomic E-state index is 12.4. The number of fused-ring (bicyclic) bond motifs is 2. The molecule has 2 aliphatic heterocycles. The van der Waals surface area contributed by atoms with Crippen molar-refractivity contribution in [1.82, 2.24) is 10.2 Å². The number of aliphatic carboxylic acids is 1. The summed E-state index contributed by atoms with van der Waals surface area (Å²) in [5.41, 5.74) is 0. The van der Waals surface area contributed by atoms with Crippen LogP contribution in [0.25, 0.3) is 0 Å². The molecule has 0 radical (unpaired) electrons. The molecule has 1 aliphatic carbocycles. The molecule has 1 saturated carbocycles. The van der Waals surface area contributed by atoms with Crippen molar-refractivity contribution in [3.05, 3.63) is 23.7 Å². The van der Waals surface area contributed by atoms with E-state index in [-0.39, 0.29) is 24.0 Å². The molecule has 0 unspecified atom stereocenters. The topological polar surface area (TPSA) is 92.0 Å². The smallest absolute Gasteiger partial charge is 0.475 e. The number of rotatable bonds is 5. The number of hydrogen-bond donors (Lipinski definition) is 2. The number of morpholine rings is 1. The molecule has 2 N–H and O–H groups in total. The summed E-state index contributed by atoms with van der Waals surface area (Å²) >= 11 is 0. The van der Waals surface area contributed by atoms with Crippen LogP contribution in [-0.4, -0.2) is 59.9 Å². The number of nitrogens with zero attached hydrogens (tertiary/aromatic N) is 1. The Bertz CT molecular complexity index is 732. The Labute approximate surface area is 166 Å². The summed E-state index contributed by atoms with van der Waals surface area (Å²) in [6.07, 6.45) is -1.47. The number of hydrogen-bond acceptors (Lipinski definition) is 5. The fourth-order valence-corrected chi connectivity index (χ4v) is 3.63. The highest BCUT2D eigenvalue weighted by molar-refractivity contribution is 5.79. The lowest BCUT2D eigenvalue weighted by Gasteiger charge is -2.32. The summed E-state index contributed by atoms with van der Waals surface area (Å²) in [5, 5.41) is 10.2. The molecule has 162 valence electrons. The van der Waals surface area contributed by atoms with Gasteiger partial charge in [-0.1, -0.05) is 0 Å². The van der Waals surface area contributed by atoms with E-state index >= 15 is 0 Å². The number of likely N-dealkylation sites (tertiary alicyclic amines) is 1. The van der Waals surface area contributed by atoms with Gasteiger partial charge in [-0.25, -0.2) is 4.79 Å². The summed E-state index contributed by atoms with van der Waals surface area (Å²) in [6.45, 7) is 5.33. The lowest BCUT2D eigenvalue weighted by molar-refractivity contribution is -0.192. The average molecular weight is 418 g/mol. The summed E-state index contributed by atoms with van der Waals surface area (Å²) in [4.78, 5) is 23.6. The van der Waals surface area contributed by atoms with Crippen molar-refractivity contribution in [3.8, 4) is 0 Å². The van der Waals surface area contributed by atoms with Crippen molar-refractivity contribution < 1.29 is 37.0 Å². The van der Waals surface area contributed by atoms with Crippen molar-refractivity contribution in [3.63, 3.8) is 0 Å². The van der Waals surface area contributed by atoms with Crippen LogP contribution < -0.4 is 5.32 Å². The molecule has 2 bridgehead atoms. The number of ether oxygens (including phenoxy) is 1. The summed E-state index contributed by atoms with van der Waals surface area (Å²) in [7, 11) is 0. The van der Waals surface area contributed by atoms with Gasteiger partial charge in [-0.15, -0.1) is 0 Å². The number of nitrogens with one attached hydrogen (secondary N) is 1. The number of carboxylic acid groups (broad SMARTS) is 1. The van der Waals surface area contributed by atoms with E-state index in [4.69, 9.17) is 19.1 Å².